The van der Waals surface area contributed by atoms with Crippen molar-refractivity contribution >= 4 is 11.9 Å². The van der Waals surface area contributed by atoms with Gasteiger partial charge in [0.1, 0.15) is 0 Å². The van der Waals surface area contributed by atoms with E-state index in [-0.39, 0.29) is 12.5 Å². The van der Waals surface area contributed by atoms with Crippen LogP contribution in [0.15, 0.2) is 0 Å². The number of hydrogen-bond donors (Lipinski definition) is 3. The van der Waals surface area contributed by atoms with Crippen LogP contribution in [-0.2, 0) is 4.79 Å². The van der Waals surface area contributed by atoms with Crippen LogP contribution in [0.25, 0.3) is 0 Å². The first-order chi connectivity index (χ1) is 6.68. The number of amides is 3. The number of urea groups is 1. The van der Waals surface area contributed by atoms with Gasteiger partial charge in [0.05, 0.1) is 6.54 Å². The molecule has 3 amide bonds. The van der Waals surface area contributed by atoms with Crippen molar-refractivity contribution in [3.05, 3.63) is 0 Å². The van der Waals surface area contributed by atoms with E-state index < -0.39 is 6.03 Å². The van der Waals surface area contributed by atoms with Gasteiger partial charge >= 0.3 is 6.03 Å². The fraction of sp³-hybridized carbons (Fsp3) is 0.778. The summed E-state index contributed by atoms with van der Waals surface area (Å²) in [5.74, 6) is -0.358. The van der Waals surface area contributed by atoms with Crippen molar-refractivity contribution in [2.75, 3.05) is 6.54 Å². The molecule has 1 saturated carbocycles. The molecule has 1 rings (SSSR count). The van der Waals surface area contributed by atoms with Gasteiger partial charge in [-0.1, -0.05) is 19.3 Å². The number of primary amides is 1. The lowest BCUT2D eigenvalue weighted by Crippen LogP contribution is -2.43. The molecule has 0 saturated heterocycles. The standard InChI is InChI=1S/C9H17N3O2/c10-9(14)12-8(13)6-11-7-4-2-1-3-5-7/h7,11H,1-6H2,(H3,10,12,13,14). The van der Waals surface area contributed by atoms with Crippen molar-refractivity contribution < 1.29 is 9.59 Å². The summed E-state index contributed by atoms with van der Waals surface area (Å²) in [6.07, 6.45) is 5.95. The third kappa shape index (κ3) is 4.23. The van der Waals surface area contributed by atoms with E-state index in [1.54, 1.807) is 0 Å². The highest BCUT2D eigenvalue weighted by Crippen LogP contribution is 2.16. The van der Waals surface area contributed by atoms with Gasteiger partial charge in [-0.3, -0.25) is 10.1 Å². The summed E-state index contributed by atoms with van der Waals surface area (Å²) in [6.45, 7) is 0.174. The van der Waals surface area contributed by atoms with E-state index >= 15 is 0 Å². The van der Waals surface area contributed by atoms with Crippen molar-refractivity contribution in [2.24, 2.45) is 5.73 Å². The van der Waals surface area contributed by atoms with Gasteiger partial charge in [-0.05, 0) is 12.8 Å². The molecule has 0 radical (unpaired) electrons. The van der Waals surface area contributed by atoms with Crippen LogP contribution in [-0.4, -0.2) is 24.5 Å². The predicted octanol–water partition coefficient (Wildman–Crippen LogP) is 0.104. The number of rotatable bonds is 3. The van der Waals surface area contributed by atoms with Gasteiger partial charge in [0.25, 0.3) is 0 Å². The Hall–Kier alpha value is -1.10. The second-order valence-electron chi connectivity index (χ2n) is 3.63. The van der Waals surface area contributed by atoms with E-state index in [1.807, 2.05) is 5.32 Å². The molecular formula is C9H17N3O2. The van der Waals surface area contributed by atoms with Crippen molar-refractivity contribution in [2.45, 2.75) is 38.1 Å². The molecule has 5 heteroatoms. The van der Waals surface area contributed by atoms with Gasteiger partial charge < -0.3 is 11.1 Å². The molecule has 1 aliphatic rings. The summed E-state index contributed by atoms with van der Waals surface area (Å²) in [5.41, 5.74) is 4.80. The molecule has 0 aromatic carbocycles. The lowest BCUT2D eigenvalue weighted by molar-refractivity contribution is -0.119. The van der Waals surface area contributed by atoms with Crippen molar-refractivity contribution in [1.82, 2.24) is 10.6 Å². The lowest BCUT2D eigenvalue weighted by Gasteiger charge is -2.22. The number of carbonyl (C=O) groups is 2. The van der Waals surface area contributed by atoms with Crippen LogP contribution in [0, 0.1) is 0 Å². The highest BCUT2D eigenvalue weighted by Gasteiger charge is 2.13. The number of imide groups is 1. The monoisotopic (exact) mass is 199 g/mol. The second kappa shape index (κ2) is 5.59. The Balaban J connectivity index is 2.12. The maximum absolute atomic E-state index is 11.0. The first-order valence-electron chi connectivity index (χ1n) is 5.01. The van der Waals surface area contributed by atoms with Crippen LogP contribution in [0.4, 0.5) is 4.79 Å². The van der Waals surface area contributed by atoms with E-state index in [1.165, 1.54) is 19.3 Å². The van der Waals surface area contributed by atoms with Crippen LogP contribution >= 0.6 is 0 Å². The van der Waals surface area contributed by atoms with Gasteiger partial charge in [-0.15, -0.1) is 0 Å². The van der Waals surface area contributed by atoms with Crippen LogP contribution in [0.2, 0.25) is 0 Å². The van der Waals surface area contributed by atoms with Gasteiger partial charge in [-0.2, -0.15) is 0 Å². The zero-order valence-corrected chi connectivity index (χ0v) is 8.21. The third-order valence-corrected chi connectivity index (χ3v) is 2.42. The SMILES string of the molecule is NC(=O)NC(=O)CNC1CCCCC1. The van der Waals surface area contributed by atoms with Crippen LogP contribution in [0.3, 0.4) is 0 Å². The Bertz CT molecular complexity index is 212. The van der Waals surface area contributed by atoms with Crippen LogP contribution in [0.5, 0.6) is 0 Å². The molecule has 0 atom stereocenters. The smallest absolute Gasteiger partial charge is 0.318 e. The lowest BCUT2D eigenvalue weighted by atomic mass is 9.95. The van der Waals surface area contributed by atoms with Crippen molar-refractivity contribution in [1.29, 1.82) is 0 Å². The van der Waals surface area contributed by atoms with Gasteiger partial charge in [0.2, 0.25) is 5.91 Å². The summed E-state index contributed by atoms with van der Waals surface area (Å²) in [4.78, 5) is 21.3. The maximum atomic E-state index is 11.0. The Morgan fingerprint density at radius 2 is 1.86 bits per heavy atom. The molecule has 0 bridgehead atoms. The minimum atomic E-state index is -0.791. The van der Waals surface area contributed by atoms with Gasteiger partial charge in [0, 0.05) is 6.04 Å². The Labute approximate surface area is 83.4 Å². The Morgan fingerprint density at radius 1 is 1.21 bits per heavy atom. The summed E-state index contributed by atoms with van der Waals surface area (Å²) in [6, 6.07) is -0.372. The number of hydrogen-bond acceptors (Lipinski definition) is 3. The molecule has 14 heavy (non-hydrogen) atoms. The summed E-state index contributed by atoms with van der Waals surface area (Å²) < 4.78 is 0. The van der Waals surface area contributed by atoms with E-state index in [0.29, 0.717) is 6.04 Å². The molecule has 5 nitrogen and oxygen atoms in total. The molecule has 0 heterocycles. The first kappa shape index (κ1) is 11.0. The highest BCUT2D eigenvalue weighted by atomic mass is 16.2. The molecule has 0 spiro atoms. The second-order valence-corrected chi connectivity index (χ2v) is 3.63. The normalized spacial score (nSPS) is 17.7. The largest absolute Gasteiger partial charge is 0.351 e. The van der Waals surface area contributed by atoms with Gasteiger partial charge in [-0.25, -0.2) is 4.79 Å². The van der Waals surface area contributed by atoms with Crippen molar-refractivity contribution in [3.8, 4) is 0 Å². The topological polar surface area (TPSA) is 84.2 Å². The number of nitrogens with two attached hydrogens (primary N) is 1. The van der Waals surface area contributed by atoms with Crippen LogP contribution in [0.1, 0.15) is 32.1 Å². The van der Waals surface area contributed by atoms with E-state index in [2.05, 4.69) is 5.32 Å². The molecule has 1 fully saturated rings. The molecule has 0 aliphatic heterocycles. The minimum absolute atomic E-state index is 0.174. The van der Waals surface area contributed by atoms with E-state index in [4.69, 9.17) is 5.73 Å². The Kier molecular flexibility index (Phi) is 4.39. The van der Waals surface area contributed by atoms with Crippen molar-refractivity contribution in [3.63, 3.8) is 0 Å². The Morgan fingerprint density at radius 3 is 2.43 bits per heavy atom. The molecule has 0 unspecified atom stereocenters. The van der Waals surface area contributed by atoms with E-state index in [9.17, 15) is 9.59 Å². The third-order valence-electron chi connectivity index (χ3n) is 2.42. The summed E-state index contributed by atoms with van der Waals surface area (Å²) >= 11 is 0. The average Bonchev–Trinajstić information content (AvgIpc) is 2.15. The fourth-order valence-electron chi connectivity index (χ4n) is 1.73. The van der Waals surface area contributed by atoms with E-state index in [0.717, 1.165) is 12.8 Å². The summed E-state index contributed by atoms with van der Waals surface area (Å²) in [7, 11) is 0. The number of nitrogens with one attached hydrogen (secondary N) is 2. The quantitative estimate of drug-likeness (QED) is 0.603. The minimum Gasteiger partial charge on any atom is -0.351 e. The van der Waals surface area contributed by atoms with Crippen LogP contribution < -0.4 is 16.4 Å². The zero-order valence-electron chi connectivity index (χ0n) is 8.21. The fourth-order valence-corrected chi connectivity index (χ4v) is 1.73. The molecule has 80 valence electrons. The molecular weight excluding hydrogens is 182 g/mol. The first-order valence-corrected chi connectivity index (χ1v) is 5.01. The molecule has 1 aliphatic carbocycles. The predicted molar refractivity (Wildman–Crippen MR) is 52.6 cm³/mol. The zero-order chi connectivity index (χ0) is 10.4. The number of carbonyl (C=O) groups excluding carboxylic acids is 2. The summed E-state index contributed by atoms with van der Waals surface area (Å²) in [5, 5.41) is 5.13. The average molecular weight is 199 g/mol. The maximum Gasteiger partial charge on any atom is 0.318 e. The molecule has 0 aromatic rings. The van der Waals surface area contributed by atoms with Gasteiger partial charge in [0.15, 0.2) is 0 Å². The highest BCUT2D eigenvalue weighted by molar-refractivity contribution is 5.94. The molecule has 0 aromatic heterocycles. The molecule has 4 N–H and O–H groups in total.